The number of nitrogens with zero attached hydrogens (tertiary/aromatic N) is 1. The van der Waals surface area contributed by atoms with Crippen LogP contribution in [-0.2, 0) is 11.2 Å². The van der Waals surface area contributed by atoms with Gasteiger partial charge in [0.25, 0.3) is 0 Å². The van der Waals surface area contributed by atoms with Crippen molar-refractivity contribution in [2.24, 2.45) is 0 Å². The molecule has 3 nitrogen and oxygen atoms in total. The zero-order valence-electron chi connectivity index (χ0n) is 10.4. The largest absolute Gasteiger partial charge is 0.344 e. The third kappa shape index (κ3) is 5.33. The average Bonchev–Trinajstić information content (AvgIpc) is 2.33. The van der Waals surface area contributed by atoms with E-state index in [0.29, 0.717) is 6.54 Å². The minimum Gasteiger partial charge on any atom is -0.344 e. The molecular formula is C13H19BrN2O. The van der Waals surface area contributed by atoms with Gasteiger partial charge < -0.3 is 10.2 Å². The fourth-order valence-electron chi connectivity index (χ4n) is 1.48. The molecule has 1 N–H and O–H groups in total. The second-order valence-electron chi connectivity index (χ2n) is 3.98. The van der Waals surface area contributed by atoms with E-state index in [9.17, 15) is 4.79 Å². The molecule has 0 saturated carbocycles. The highest BCUT2D eigenvalue weighted by atomic mass is 79.9. The zero-order valence-corrected chi connectivity index (χ0v) is 12.0. The molecule has 0 aliphatic heterocycles. The first-order valence-corrected chi connectivity index (χ1v) is 6.62. The molecule has 0 aromatic heterocycles. The summed E-state index contributed by atoms with van der Waals surface area (Å²) in [6.07, 6.45) is 0.883. The Morgan fingerprint density at radius 1 is 1.47 bits per heavy atom. The summed E-state index contributed by atoms with van der Waals surface area (Å²) in [6.45, 7) is 3.99. The number of likely N-dealkylation sites (N-methyl/N-ethyl adjacent to an activating group) is 2. The molecule has 1 aromatic rings. The van der Waals surface area contributed by atoms with Crippen LogP contribution >= 0.6 is 15.9 Å². The number of nitrogens with one attached hydrogen (secondary N) is 1. The van der Waals surface area contributed by atoms with Gasteiger partial charge in [-0.1, -0.05) is 35.0 Å². The van der Waals surface area contributed by atoms with Crippen LogP contribution < -0.4 is 5.32 Å². The fraction of sp³-hybridized carbons (Fsp3) is 0.462. The monoisotopic (exact) mass is 298 g/mol. The maximum atomic E-state index is 11.6. The van der Waals surface area contributed by atoms with Gasteiger partial charge in [-0.3, -0.25) is 4.79 Å². The van der Waals surface area contributed by atoms with Crippen LogP contribution in [0.15, 0.2) is 28.7 Å². The number of carbonyl (C=O) groups is 1. The van der Waals surface area contributed by atoms with Crippen LogP contribution in [0.25, 0.3) is 0 Å². The molecule has 1 amide bonds. The van der Waals surface area contributed by atoms with Gasteiger partial charge in [-0.15, -0.1) is 0 Å². The van der Waals surface area contributed by atoms with Crippen molar-refractivity contribution in [3.8, 4) is 0 Å². The van der Waals surface area contributed by atoms with Crippen LogP contribution in [0.3, 0.4) is 0 Å². The summed E-state index contributed by atoms with van der Waals surface area (Å²) in [5, 5.41) is 3.04. The summed E-state index contributed by atoms with van der Waals surface area (Å²) < 4.78 is 1.08. The van der Waals surface area contributed by atoms with Gasteiger partial charge in [0.05, 0.1) is 6.54 Å². The Kier molecular flexibility index (Phi) is 6.22. The van der Waals surface area contributed by atoms with Crippen molar-refractivity contribution in [1.29, 1.82) is 0 Å². The Hall–Kier alpha value is -0.870. The molecule has 0 aliphatic rings. The lowest BCUT2D eigenvalue weighted by molar-refractivity contribution is -0.128. The van der Waals surface area contributed by atoms with E-state index < -0.39 is 0 Å². The molecule has 1 aromatic carbocycles. The summed E-state index contributed by atoms with van der Waals surface area (Å²) in [5.41, 5.74) is 1.24. The van der Waals surface area contributed by atoms with Gasteiger partial charge in [0, 0.05) is 18.1 Å². The van der Waals surface area contributed by atoms with Gasteiger partial charge in [-0.2, -0.15) is 0 Å². The topological polar surface area (TPSA) is 32.3 Å². The predicted octanol–water partition coefficient (Wildman–Crippen LogP) is 2.06. The molecule has 0 saturated heterocycles. The molecule has 0 heterocycles. The standard InChI is InChI=1S/C13H19BrN2O/c1-3-15-10-13(17)16(2)8-7-11-5-4-6-12(14)9-11/h4-6,9,15H,3,7-8,10H2,1-2H3. The van der Waals surface area contributed by atoms with E-state index in [1.54, 1.807) is 4.90 Å². The Bertz CT molecular complexity index is 368. The van der Waals surface area contributed by atoms with Crippen molar-refractivity contribution in [1.82, 2.24) is 10.2 Å². The van der Waals surface area contributed by atoms with Crippen molar-refractivity contribution < 1.29 is 4.79 Å². The lowest BCUT2D eigenvalue weighted by atomic mass is 10.1. The number of benzene rings is 1. The summed E-state index contributed by atoms with van der Waals surface area (Å²) in [5.74, 6) is 0.141. The molecule has 0 radical (unpaired) electrons. The molecular weight excluding hydrogens is 280 g/mol. The molecule has 0 fully saturated rings. The first-order chi connectivity index (χ1) is 8.13. The van der Waals surface area contributed by atoms with Gasteiger partial charge in [0.15, 0.2) is 0 Å². The van der Waals surface area contributed by atoms with Crippen molar-refractivity contribution in [3.63, 3.8) is 0 Å². The Morgan fingerprint density at radius 3 is 2.88 bits per heavy atom. The van der Waals surface area contributed by atoms with Crippen molar-refractivity contribution >= 4 is 21.8 Å². The van der Waals surface area contributed by atoms with Gasteiger partial charge in [-0.05, 0) is 30.7 Å². The number of carbonyl (C=O) groups excluding carboxylic acids is 1. The van der Waals surface area contributed by atoms with Gasteiger partial charge in [-0.25, -0.2) is 0 Å². The van der Waals surface area contributed by atoms with E-state index in [-0.39, 0.29) is 5.91 Å². The van der Waals surface area contributed by atoms with Gasteiger partial charge in [0.2, 0.25) is 5.91 Å². The normalized spacial score (nSPS) is 10.3. The molecule has 4 heteroatoms. The molecule has 0 bridgehead atoms. The van der Waals surface area contributed by atoms with Gasteiger partial charge >= 0.3 is 0 Å². The second kappa shape index (κ2) is 7.45. The van der Waals surface area contributed by atoms with Crippen LogP contribution in [0.2, 0.25) is 0 Å². The smallest absolute Gasteiger partial charge is 0.236 e. The van der Waals surface area contributed by atoms with Crippen molar-refractivity contribution in [2.45, 2.75) is 13.3 Å². The molecule has 94 valence electrons. The number of hydrogen-bond donors (Lipinski definition) is 1. The lowest BCUT2D eigenvalue weighted by Crippen LogP contribution is -2.36. The molecule has 0 unspecified atom stereocenters. The quantitative estimate of drug-likeness (QED) is 0.872. The summed E-state index contributed by atoms with van der Waals surface area (Å²) >= 11 is 3.44. The highest BCUT2D eigenvalue weighted by Gasteiger charge is 2.07. The maximum Gasteiger partial charge on any atom is 0.236 e. The minimum absolute atomic E-state index is 0.141. The predicted molar refractivity (Wildman–Crippen MR) is 74.0 cm³/mol. The third-order valence-corrected chi connectivity index (χ3v) is 3.07. The van der Waals surface area contributed by atoms with Crippen LogP contribution in [-0.4, -0.2) is 37.5 Å². The van der Waals surface area contributed by atoms with Crippen LogP contribution in [0.4, 0.5) is 0 Å². The number of hydrogen-bond acceptors (Lipinski definition) is 2. The minimum atomic E-state index is 0.141. The van der Waals surface area contributed by atoms with E-state index in [1.807, 2.05) is 26.1 Å². The summed E-state index contributed by atoms with van der Waals surface area (Å²) in [7, 11) is 1.84. The van der Waals surface area contributed by atoms with E-state index in [1.165, 1.54) is 5.56 Å². The SMILES string of the molecule is CCNCC(=O)N(C)CCc1cccc(Br)c1. The Morgan fingerprint density at radius 2 is 2.24 bits per heavy atom. The first-order valence-electron chi connectivity index (χ1n) is 5.82. The van der Waals surface area contributed by atoms with E-state index >= 15 is 0 Å². The molecule has 0 aliphatic carbocycles. The lowest BCUT2D eigenvalue weighted by Gasteiger charge is -2.17. The van der Waals surface area contributed by atoms with Crippen molar-refractivity contribution in [3.05, 3.63) is 34.3 Å². The zero-order chi connectivity index (χ0) is 12.7. The third-order valence-electron chi connectivity index (χ3n) is 2.58. The van der Waals surface area contributed by atoms with Crippen LogP contribution in [0.5, 0.6) is 0 Å². The highest BCUT2D eigenvalue weighted by Crippen LogP contribution is 2.12. The van der Waals surface area contributed by atoms with Crippen molar-refractivity contribution in [2.75, 3.05) is 26.7 Å². The fourth-order valence-corrected chi connectivity index (χ4v) is 1.93. The number of halogens is 1. The Balaban J connectivity index is 2.37. The molecule has 0 spiro atoms. The van der Waals surface area contributed by atoms with E-state index in [0.717, 1.165) is 24.0 Å². The van der Waals surface area contributed by atoms with Crippen LogP contribution in [0, 0.1) is 0 Å². The van der Waals surface area contributed by atoms with E-state index in [2.05, 4.69) is 33.4 Å². The van der Waals surface area contributed by atoms with Gasteiger partial charge in [0.1, 0.15) is 0 Å². The molecule has 1 rings (SSSR count). The van der Waals surface area contributed by atoms with E-state index in [4.69, 9.17) is 0 Å². The second-order valence-corrected chi connectivity index (χ2v) is 4.89. The van der Waals surface area contributed by atoms with Crippen LogP contribution in [0.1, 0.15) is 12.5 Å². The molecule has 0 atom stereocenters. The number of amides is 1. The highest BCUT2D eigenvalue weighted by molar-refractivity contribution is 9.10. The average molecular weight is 299 g/mol. The molecule has 17 heavy (non-hydrogen) atoms. The summed E-state index contributed by atoms with van der Waals surface area (Å²) in [4.78, 5) is 13.4. The summed E-state index contributed by atoms with van der Waals surface area (Å²) in [6, 6.07) is 8.18. The Labute approximate surface area is 111 Å². The number of rotatable bonds is 6. The first kappa shape index (κ1) is 14.2. The maximum absolute atomic E-state index is 11.6.